The summed E-state index contributed by atoms with van der Waals surface area (Å²) in [6.45, 7) is 11.1. The van der Waals surface area contributed by atoms with Gasteiger partial charge < -0.3 is 91.7 Å². The molecule has 0 saturated carbocycles. The molecule has 746 valence electrons. The molecule has 33 nitrogen and oxygen atoms in total. The van der Waals surface area contributed by atoms with Crippen molar-refractivity contribution in [2.24, 2.45) is 27.6 Å². The van der Waals surface area contributed by atoms with E-state index in [2.05, 4.69) is 89.0 Å². The molecule has 0 amide bonds. The molecule has 0 unspecified atom stereocenters. The summed E-state index contributed by atoms with van der Waals surface area (Å²) >= 11 is 62.7. The molecular weight excluding hydrogens is 2090 g/mol. The maximum absolute atomic E-state index is 11.9. The summed E-state index contributed by atoms with van der Waals surface area (Å²) < 4.78 is 64.5. The number of rotatable bonds is 24. The topological polar surface area (TPSA) is 434 Å². The number of nitrogens with two attached hydrogens (primary N) is 2. The summed E-state index contributed by atoms with van der Waals surface area (Å²) in [6, 6.07) is 28.6. The molecule has 139 heavy (non-hydrogen) atoms. The number of methoxy groups -OCH3 is 8. The molecule has 4 aliphatic heterocycles. The minimum absolute atomic E-state index is 0. The molecule has 0 aliphatic carbocycles. The van der Waals surface area contributed by atoms with Crippen molar-refractivity contribution < 1.29 is 86.9 Å². The molecule has 8 atom stereocenters. The quantitative estimate of drug-likeness (QED) is 0.00548. The number of fused-ring (bicyclic) bond motifs is 4. The average molecular weight is 2200 g/mol. The predicted octanol–water partition coefficient (Wildman–Crippen LogP) is 24.2. The fourth-order valence-corrected chi connectivity index (χ4v) is 17.5. The molecule has 4 fully saturated rings. The van der Waals surface area contributed by atoms with Crippen molar-refractivity contribution in [2.75, 3.05) is 126 Å². The van der Waals surface area contributed by atoms with Gasteiger partial charge in [-0.15, -0.1) is 0 Å². The van der Waals surface area contributed by atoms with Gasteiger partial charge >= 0.3 is 0 Å². The minimum atomic E-state index is -0.509. The fourth-order valence-electron chi connectivity index (χ4n) is 14.5. The van der Waals surface area contributed by atoms with E-state index in [1.807, 2.05) is 72.8 Å². The molecule has 8 aromatic carbocycles. The third kappa shape index (κ3) is 29.9. The van der Waals surface area contributed by atoms with Crippen LogP contribution in [0, 0.1) is 13.3 Å². The number of hydrogen-bond donors (Lipinski definition) is 5. The molecular formula is C95H106Cl10N19O14Pd-. The van der Waals surface area contributed by atoms with Gasteiger partial charge in [-0.2, -0.15) is 0 Å². The number of carbonyl (C=O) groups is 2. The molecule has 0 spiro atoms. The Morgan fingerprint density at radius 3 is 1.03 bits per heavy atom. The first-order valence-corrected chi connectivity index (χ1v) is 44.8. The molecule has 4 aliphatic rings. The van der Waals surface area contributed by atoms with Gasteiger partial charge in [0.05, 0.1) is 176 Å². The fraction of sp³-hybridized carbons (Fsp3) is 0.337. The number of carbonyl (C=O) groups excluding carboxylic acids is 2. The molecule has 0 radical (unpaired) electrons. The summed E-state index contributed by atoms with van der Waals surface area (Å²) in [4.78, 5) is 62.3. The first kappa shape index (κ1) is 117. The number of hydrogen-bond acceptors (Lipinski definition) is 29. The van der Waals surface area contributed by atoms with Crippen LogP contribution in [0.4, 0.5) is 17.8 Å². The number of anilines is 3. The largest absolute Gasteiger partial charge is 0.495 e. The summed E-state index contributed by atoms with van der Waals surface area (Å²) in [5.74, 6) is 5.36. The van der Waals surface area contributed by atoms with E-state index in [4.69, 9.17) is 195 Å². The zero-order valence-corrected chi connectivity index (χ0v) is 83.8. The zero-order valence-electron chi connectivity index (χ0n) is 74.7. The van der Waals surface area contributed by atoms with E-state index in [0.29, 0.717) is 192 Å². The summed E-state index contributed by atoms with van der Waals surface area (Å²) in [6.07, 6.45) is 12.7. The Morgan fingerprint density at radius 2 is 0.705 bits per heavy atom. The Bertz CT molecular complexity index is 6250. The van der Waals surface area contributed by atoms with Gasteiger partial charge in [0, 0.05) is 168 Å². The van der Waals surface area contributed by atoms with E-state index in [9.17, 15) is 9.59 Å². The number of benzene rings is 8. The van der Waals surface area contributed by atoms with E-state index < -0.39 is 5.24 Å². The Labute approximate surface area is 869 Å². The summed E-state index contributed by atoms with van der Waals surface area (Å²) in [5.41, 5.74) is 37.2. The van der Waals surface area contributed by atoms with Crippen molar-refractivity contribution in [3.05, 3.63) is 221 Å². The molecule has 8 heterocycles. The van der Waals surface area contributed by atoms with Crippen LogP contribution in [0.15, 0.2) is 157 Å². The van der Waals surface area contributed by atoms with Crippen molar-refractivity contribution in [1.29, 1.82) is 0 Å². The van der Waals surface area contributed by atoms with E-state index in [-0.39, 0.29) is 109 Å². The third-order valence-electron chi connectivity index (χ3n) is 21.5. The minimum Gasteiger partial charge on any atom is -0.495 e. The monoisotopic (exact) mass is 2190 g/mol. The van der Waals surface area contributed by atoms with Crippen LogP contribution in [0.25, 0.3) is 109 Å². The maximum Gasteiger partial charge on any atom is 0.244 e. The van der Waals surface area contributed by atoms with Crippen molar-refractivity contribution in [2.45, 2.75) is 96.7 Å². The molecule has 7 N–H and O–H groups in total. The van der Waals surface area contributed by atoms with Gasteiger partial charge in [-0.3, -0.25) is 9.59 Å². The molecule has 0 bridgehead atoms. The number of aromatic nitrogens is 8. The smallest absolute Gasteiger partial charge is 0.244 e. The van der Waals surface area contributed by atoms with Crippen LogP contribution < -0.4 is 65.3 Å². The van der Waals surface area contributed by atoms with E-state index in [1.54, 1.807) is 63.3 Å². The predicted molar refractivity (Wildman–Crippen MR) is 554 cm³/mol. The normalized spacial score (nSPS) is 17.0. The number of halogens is 10. The summed E-state index contributed by atoms with van der Waals surface area (Å²) in [7, 11) is 12.3. The number of nitrogens with zero attached hydrogens (tertiary/aromatic N) is 14. The number of nitrogens with one attached hydrogen (secondary N) is 3. The number of allylic oxidation sites excluding steroid dienone is 2. The van der Waals surface area contributed by atoms with Crippen molar-refractivity contribution in [1.82, 2.24) is 39.9 Å². The van der Waals surface area contributed by atoms with Crippen LogP contribution in [-0.4, -0.2) is 203 Å². The number of ether oxygens (including phenoxy) is 12. The first-order chi connectivity index (χ1) is 64.7. The van der Waals surface area contributed by atoms with Crippen LogP contribution in [0.1, 0.15) is 54.4 Å². The Morgan fingerprint density at radius 1 is 0.417 bits per heavy atom. The maximum atomic E-state index is 11.9. The number of azide groups is 2. The molecule has 12 aromatic rings. The van der Waals surface area contributed by atoms with E-state index >= 15 is 0 Å². The summed E-state index contributed by atoms with van der Waals surface area (Å²) in [5, 5.41) is 23.4. The van der Waals surface area contributed by atoms with Gasteiger partial charge in [-0.1, -0.05) is 163 Å². The van der Waals surface area contributed by atoms with Gasteiger partial charge in [-0.05, 0) is 149 Å². The van der Waals surface area contributed by atoms with Gasteiger partial charge in [0.2, 0.25) is 28.4 Å². The molecule has 44 heteroatoms. The van der Waals surface area contributed by atoms with Gasteiger partial charge in [0.25, 0.3) is 0 Å². The van der Waals surface area contributed by atoms with Crippen molar-refractivity contribution >= 4 is 188 Å². The van der Waals surface area contributed by atoms with Gasteiger partial charge in [0.15, 0.2) is 5.78 Å². The molecule has 16 rings (SSSR count). The van der Waals surface area contributed by atoms with Crippen LogP contribution in [-0.2, 0) is 49.0 Å². The van der Waals surface area contributed by atoms with Gasteiger partial charge in [0.1, 0.15) is 46.0 Å². The zero-order chi connectivity index (χ0) is 96.4. The Balaban J connectivity index is 0.000000268. The SMILES string of the molecule is C.C.C.C=CC(=O)C[C@H]1CCOC[C@H]1Nc1ncc2cc(-c3c(Cl)c(OC)cc(OC)c3Cl)ccc2n1.C=CC(=O)Cl.COc1cc(OC)c(Cl)c(-c2ccc3nc(Cl)ncc3c2)c1Cl.COc1cc(OC)c(Cl)c(-c2ccc3nc(N[C@@H]4COCC[C@@H]4N)ncc3c2)c1Cl.COc1cc(OC)c(Cl)c(-c2ccc3nc(N[C@@H]4COCC[C@@H]4N=[N+]=[N-])ncc3c2)c1Cl.[CH3-].[N-]=[N+]=N[C@H]1CCOC[C@H]1N.[Pd]. The average Bonchev–Trinajstić information content (AvgIpc) is 0.786. The van der Waals surface area contributed by atoms with Gasteiger partial charge in [-0.25, -0.2) is 39.9 Å². The first-order valence-electron chi connectivity index (χ1n) is 41.0. The third-order valence-corrected chi connectivity index (χ3v) is 24.9. The number of ketones is 1. The van der Waals surface area contributed by atoms with Crippen molar-refractivity contribution in [3.8, 4) is 90.5 Å². The second-order valence-corrected chi connectivity index (χ2v) is 33.4. The molecule has 4 aromatic heterocycles. The van der Waals surface area contributed by atoms with Crippen LogP contribution in [0.2, 0.25) is 45.5 Å². The van der Waals surface area contributed by atoms with Crippen molar-refractivity contribution in [3.63, 3.8) is 0 Å². The Kier molecular flexibility index (Phi) is 48.1. The Hall–Kier alpha value is -10.3. The van der Waals surface area contributed by atoms with Crippen LogP contribution in [0.5, 0.6) is 46.0 Å². The standard InChI is InChI=1S/C25H25Cl2N3O4.C21H20Cl2N6O3.C21H22Cl2N4O3.C16H11Cl3N2O2.C5H10N4O.C3H3ClO.3CH4.CH3.Pd/c1-4-17(31)10-14-7-8-34-13-19(14)30-25-28-12-16-9-15(5-6-18(16)29-25)22-23(26)20(32-2)11-21(33-3)24(22)27;1-30-16-8-17(31-2)20(23)18(19(16)22)11-3-4-13-12(7-11)9-25-21(26-13)27-15-10-32-6-5-14(15)28-29-24;1-28-16-8-17(29-2)20(23)18(19(16)22)11-3-4-14-12(7-11)9-25-21(26-14)27-15-10-30-6-5-13(15)24;1-22-11-6-12(23-2)15(18)13(14(11)17)8-3-4-10-9(5-8)7-20-16(19)21-10;6-4-3-10-2-1-5(4)8-9-7;1-2-3(4)5;;;;;/h4-6,9,11-12,14,19H,1,7-8,10,13H2,2-3H3,(H,28,29,30);3-4,7-9,14-15H,5-6,10H2,1-2H3,(H,25,26,27);3-4,7-9,13,15H,5-6,10,24H2,1-2H3,(H,25,26,27);3-7H,1-2H3;4-5H,1-3,6H2;2H,1H2;3*1H4;1H3;/q;;;;;;;;;-1;/t14-,19-;14-,15+;13-,15+;;4-,5+;;;;;;/m100.1....../s1. The van der Waals surface area contributed by atoms with E-state index in [1.165, 1.54) is 48.7 Å². The second-order valence-electron chi connectivity index (χ2n) is 29.7. The van der Waals surface area contributed by atoms with E-state index in [0.717, 1.165) is 91.2 Å². The second kappa shape index (κ2) is 57.0. The molecule has 4 saturated heterocycles. The van der Waals surface area contributed by atoms with Crippen LogP contribution in [0.3, 0.4) is 0 Å². The van der Waals surface area contributed by atoms with Crippen LogP contribution >= 0.6 is 116 Å².